The van der Waals surface area contributed by atoms with Crippen LogP contribution in [-0.4, -0.2) is 47.4 Å². The van der Waals surface area contributed by atoms with E-state index < -0.39 is 0 Å². The zero-order valence-electron chi connectivity index (χ0n) is 14.4. The Morgan fingerprint density at radius 3 is 2.25 bits per heavy atom. The quantitative estimate of drug-likeness (QED) is 0.817. The van der Waals surface area contributed by atoms with E-state index in [-0.39, 0.29) is 18.4 Å². The Hall–Kier alpha value is -2.84. The summed E-state index contributed by atoms with van der Waals surface area (Å²) in [4.78, 5) is 13.5. The van der Waals surface area contributed by atoms with Crippen molar-refractivity contribution >= 4 is 11.6 Å². The van der Waals surface area contributed by atoms with Gasteiger partial charge in [-0.2, -0.15) is 4.80 Å². The van der Waals surface area contributed by atoms with Gasteiger partial charge in [-0.1, -0.05) is 13.8 Å². The average molecular weight is 335 g/mol. The van der Waals surface area contributed by atoms with E-state index in [2.05, 4.69) is 20.7 Å². The highest BCUT2D eigenvalue weighted by Crippen LogP contribution is 2.38. The first-order valence-electron chi connectivity index (χ1n) is 7.36. The number of amides is 1. The number of nitrogens with zero attached hydrogens (tertiary/aromatic N) is 4. The van der Waals surface area contributed by atoms with Crippen molar-refractivity contribution in [3.05, 3.63) is 18.0 Å². The van der Waals surface area contributed by atoms with Gasteiger partial charge in [0.2, 0.25) is 5.91 Å². The van der Waals surface area contributed by atoms with Gasteiger partial charge >= 0.3 is 0 Å². The molecule has 0 atom stereocenters. The Kier molecular flexibility index (Phi) is 5.56. The standard InChI is InChI=1S/C15H21N5O4/c1-9(2)15-17-19-20(18-15)8-13(21)16-14-11(23-4)6-10(22-3)7-12(14)24-5/h6-7,9H,8H2,1-5H3,(H,16,21). The molecular formula is C15H21N5O4. The highest BCUT2D eigenvalue weighted by molar-refractivity contribution is 5.94. The molecule has 0 aliphatic heterocycles. The minimum atomic E-state index is -0.329. The summed E-state index contributed by atoms with van der Waals surface area (Å²) in [7, 11) is 4.53. The van der Waals surface area contributed by atoms with E-state index >= 15 is 0 Å². The topological polar surface area (TPSA) is 100 Å². The van der Waals surface area contributed by atoms with E-state index in [1.54, 1.807) is 12.1 Å². The van der Waals surface area contributed by atoms with Crippen molar-refractivity contribution < 1.29 is 19.0 Å². The Morgan fingerprint density at radius 1 is 1.17 bits per heavy atom. The molecule has 0 aliphatic rings. The minimum Gasteiger partial charge on any atom is -0.496 e. The number of anilines is 1. The molecule has 130 valence electrons. The summed E-state index contributed by atoms with van der Waals surface area (Å²) in [6.45, 7) is 3.83. The van der Waals surface area contributed by atoms with Crippen LogP contribution < -0.4 is 19.5 Å². The largest absolute Gasteiger partial charge is 0.496 e. The number of rotatable bonds is 7. The van der Waals surface area contributed by atoms with Gasteiger partial charge in [0, 0.05) is 18.1 Å². The van der Waals surface area contributed by atoms with Gasteiger partial charge in [0.05, 0.1) is 21.3 Å². The molecule has 1 amide bonds. The molecule has 1 N–H and O–H groups in total. The summed E-state index contributed by atoms with van der Waals surface area (Å²) in [5, 5.41) is 14.7. The maximum absolute atomic E-state index is 12.3. The van der Waals surface area contributed by atoms with Crippen molar-refractivity contribution in [1.29, 1.82) is 0 Å². The third-order valence-electron chi connectivity index (χ3n) is 3.25. The van der Waals surface area contributed by atoms with Crippen LogP contribution >= 0.6 is 0 Å². The number of nitrogens with one attached hydrogen (secondary N) is 1. The lowest BCUT2D eigenvalue weighted by molar-refractivity contribution is -0.117. The molecule has 0 radical (unpaired) electrons. The maximum atomic E-state index is 12.3. The molecule has 0 fully saturated rings. The van der Waals surface area contributed by atoms with Crippen LogP contribution in [-0.2, 0) is 11.3 Å². The molecule has 1 heterocycles. The highest BCUT2D eigenvalue weighted by Gasteiger charge is 2.17. The zero-order chi connectivity index (χ0) is 17.7. The van der Waals surface area contributed by atoms with Gasteiger partial charge in [0.15, 0.2) is 5.82 Å². The fraction of sp³-hybridized carbons (Fsp3) is 0.467. The van der Waals surface area contributed by atoms with E-state index in [1.165, 1.54) is 26.1 Å². The molecule has 0 aliphatic carbocycles. The number of hydrogen-bond acceptors (Lipinski definition) is 7. The van der Waals surface area contributed by atoms with Crippen molar-refractivity contribution in [2.75, 3.05) is 26.6 Å². The molecule has 1 aromatic heterocycles. The van der Waals surface area contributed by atoms with Gasteiger partial charge in [-0.25, -0.2) is 0 Å². The summed E-state index contributed by atoms with van der Waals surface area (Å²) in [5.41, 5.74) is 0.412. The first-order chi connectivity index (χ1) is 11.5. The second-order valence-corrected chi connectivity index (χ2v) is 5.29. The molecule has 0 saturated carbocycles. The molecule has 2 rings (SSSR count). The minimum absolute atomic E-state index is 0.0714. The predicted molar refractivity (Wildman–Crippen MR) is 86.6 cm³/mol. The summed E-state index contributed by atoms with van der Waals surface area (Å²) >= 11 is 0. The lowest BCUT2D eigenvalue weighted by atomic mass is 10.2. The monoisotopic (exact) mass is 335 g/mol. The van der Waals surface area contributed by atoms with Gasteiger partial charge < -0.3 is 19.5 Å². The van der Waals surface area contributed by atoms with Crippen molar-refractivity contribution in [3.8, 4) is 17.2 Å². The molecule has 0 spiro atoms. The van der Waals surface area contributed by atoms with Crippen LogP contribution in [0.5, 0.6) is 17.2 Å². The molecule has 9 nitrogen and oxygen atoms in total. The Bertz CT molecular complexity index is 689. The molecule has 0 saturated heterocycles. The van der Waals surface area contributed by atoms with Gasteiger partial charge in [0.1, 0.15) is 29.5 Å². The number of carbonyl (C=O) groups is 1. The number of methoxy groups -OCH3 is 3. The molecule has 0 unspecified atom stereocenters. The zero-order valence-corrected chi connectivity index (χ0v) is 14.4. The van der Waals surface area contributed by atoms with Gasteiger partial charge in [-0.15, -0.1) is 10.2 Å². The Morgan fingerprint density at radius 2 is 1.79 bits per heavy atom. The Labute approximate surface area is 139 Å². The maximum Gasteiger partial charge on any atom is 0.248 e. The van der Waals surface area contributed by atoms with Gasteiger partial charge in [-0.05, 0) is 5.21 Å². The number of benzene rings is 1. The summed E-state index contributed by atoms with van der Waals surface area (Å²) in [5.74, 6) is 1.81. The fourth-order valence-electron chi connectivity index (χ4n) is 1.99. The van der Waals surface area contributed by atoms with Crippen LogP contribution in [0.25, 0.3) is 0 Å². The lowest BCUT2D eigenvalue weighted by Crippen LogP contribution is -2.21. The van der Waals surface area contributed by atoms with Gasteiger partial charge in [-0.3, -0.25) is 4.79 Å². The van der Waals surface area contributed by atoms with E-state index in [1.807, 2.05) is 13.8 Å². The molecule has 24 heavy (non-hydrogen) atoms. The molecule has 2 aromatic rings. The predicted octanol–water partition coefficient (Wildman–Crippen LogP) is 1.46. The van der Waals surface area contributed by atoms with Crippen LogP contribution in [0.3, 0.4) is 0 Å². The normalized spacial score (nSPS) is 10.6. The van der Waals surface area contributed by atoms with Crippen LogP contribution in [0.1, 0.15) is 25.6 Å². The second-order valence-electron chi connectivity index (χ2n) is 5.29. The molecule has 1 aromatic carbocycles. The van der Waals surface area contributed by atoms with Crippen molar-refractivity contribution in [2.24, 2.45) is 0 Å². The van der Waals surface area contributed by atoms with Crippen LogP contribution in [0.15, 0.2) is 12.1 Å². The fourth-order valence-corrected chi connectivity index (χ4v) is 1.99. The number of aromatic nitrogens is 4. The third kappa shape index (κ3) is 3.92. The number of ether oxygens (including phenoxy) is 3. The van der Waals surface area contributed by atoms with E-state index in [0.717, 1.165) is 0 Å². The smallest absolute Gasteiger partial charge is 0.248 e. The van der Waals surface area contributed by atoms with Crippen LogP contribution in [0, 0.1) is 0 Å². The number of carbonyl (C=O) groups excluding carboxylic acids is 1. The first-order valence-corrected chi connectivity index (χ1v) is 7.36. The van der Waals surface area contributed by atoms with Crippen molar-refractivity contribution in [1.82, 2.24) is 20.2 Å². The van der Waals surface area contributed by atoms with E-state index in [0.29, 0.717) is 28.8 Å². The summed E-state index contributed by atoms with van der Waals surface area (Å²) in [6.07, 6.45) is 0. The van der Waals surface area contributed by atoms with Crippen molar-refractivity contribution in [2.45, 2.75) is 26.3 Å². The number of tetrazole rings is 1. The van der Waals surface area contributed by atoms with Crippen LogP contribution in [0.4, 0.5) is 5.69 Å². The second kappa shape index (κ2) is 7.62. The van der Waals surface area contributed by atoms with Gasteiger partial charge in [0.25, 0.3) is 0 Å². The molecule has 0 bridgehead atoms. The van der Waals surface area contributed by atoms with E-state index in [4.69, 9.17) is 14.2 Å². The highest BCUT2D eigenvalue weighted by atomic mass is 16.5. The third-order valence-corrected chi connectivity index (χ3v) is 3.25. The van der Waals surface area contributed by atoms with E-state index in [9.17, 15) is 4.79 Å². The van der Waals surface area contributed by atoms with Crippen molar-refractivity contribution in [3.63, 3.8) is 0 Å². The molecule has 9 heteroatoms. The number of hydrogen-bond donors (Lipinski definition) is 1. The molecular weight excluding hydrogens is 314 g/mol. The first kappa shape index (κ1) is 17.5. The Balaban J connectivity index is 2.18. The average Bonchev–Trinajstić information content (AvgIpc) is 3.03. The summed E-state index contributed by atoms with van der Waals surface area (Å²) < 4.78 is 15.8. The summed E-state index contributed by atoms with van der Waals surface area (Å²) in [6, 6.07) is 3.31. The SMILES string of the molecule is COc1cc(OC)c(NC(=O)Cn2nnc(C(C)C)n2)c(OC)c1. The van der Waals surface area contributed by atoms with Crippen LogP contribution in [0.2, 0.25) is 0 Å². The lowest BCUT2D eigenvalue weighted by Gasteiger charge is -2.15.